The minimum Gasteiger partial charge on any atom is -0.497 e. The maximum Gasteiger partial charge on any atom is 0.261 e. The third-order valence-corrected chi connectivity index (χ3v) is 6.57. The lowest BCUT2D eigenvalue weighted by atomic mass is 9.93. The number of ketones is 1. The number of carbonyl (C=O) groups excluding carboxylic acids is 2. The standard InChI is InChI=1S/C21H21N3O5S/c1-29-15-6-4-5-14(11-15)23-30(27,28)16-7-8-19-17(12-16)20(25)18(13-22-19)21(26)24-9-2-3-10-24/h4-8,11-13,18,23H,2-3,9-10H2,1H3. The molecule has 1 N–H and O–H groups in total. The zero-order valence-electron chi connectivity index (χ0n) is 16.4. The van der Waals surface area contributed by atoms with Gasteiger partial charge in [0.2, 0.25) is 5.91 Å². The predicted octanol–water partition coefficient (Wildman–Crippen LogP) is 2.63. The highest BCUT2D eigenvalue weighted by molar-refractivity contribution is 7.92. The number of fused-ring (bicyclic) bond motifs is 1. The molecule has 1 amide bonds. The van der Waals surface area contributed by atoms with Crippen LogP contribution in [0.2, 0.25) is 0 Å². The average molecular weight is 427 g/mol. The van der Waals surface area contributed by atoms with E-state index in [4.69, 9.17) is 4.74 Å². The van der Waals surface area contributed by atoms with Crippen LogP contribution in [0.15, 0.2) is 52.4 Å². The predicted molar refractivity (Wildman–Crippen MR) is 112 cm³/mol. The zero-order chi connectivity index (χ0) is 21.3. The second-order valence-corrected chi connectivity index (χ2v) is 8.85. The van der Waals surface area contributed by atoms with Crippen LogP contribution in [-0.2, 0) is 14.8 Å². The van der Waals surface area contributed by atoms with Crippen molar-refractivity contribution in [3.05, 3.63) is 48.0 Å². The van der Waals surface area contributed by atoms with Crippen molar-refractivity contribution in [2.75, 3.05) is 24.9 Å². The number of benzene rings is 2. The van der Waals surface area contributed by atoms with Gasteiger partial charge in [-0.3, -0.25) is 19.3 Å². The van der Waals surface area contributed by atoms with E-state index in [2.05, 4.69) is 9.71 Å². The number of ether oxygens (including phenoxy) is 1. The number of sulfonamides is 1. The number of anilines is 1. The highest BCUT2D eigenvalue weighted by Gasteiger charge is 2.35. The third-order valence-electron chi connectivity index (χ3n) is 5.19. The SMILES string of the molecule is COc1cccc(NS(=O)(=O)c2ccc3c(c2)C(=O)C(C(=O)N2CCCC2)C=N3)c1. The van der Waals surface area contributed by atoms with Gasteiger partial charge in [0.1, 0.15) is 11.7 Å². The minimum absolute atomic E-state index is 0.0816. The number of likely N-dealkylation sites (tertiary alicyclic amines) is 1. The molecule has 0 aromatic heterocycles. The molecule has 1 saturated heterocycles. The van der Waals surface area contributed by atoms with Crippen molar-refractivity contribution in [1.29, 1.82) is 0 Å². The van der Waals surface area contributed by atoms with E-state index in [9.17, 15) is 18.0 Å². The van der Waals surface area contributed by atoms with Gasteiger partial charge in [-0.2, -0.15) is 0 Å². The molecule has 2 aromatic carbocycles. The van der Waals surface area contributed by atoms with Crippen LogP contribution in [0, 0.1) is 5.92 Å². The lowest BCUT2D eigenvalue weighted by molar-refractivity contribution is -0.130. The molecule has 2 aliphatic heterocycles. The minimum atomic E-state index is -3.95. The molecule has 2 aliphatic rings. The molecular formula is C21H21N3O5S. The second kappa shape index (κ2) is 7.91. The monoisotopic (exact) mass is 427 g/mol. The van der Waals surface area contributed by atoms with Crippen molar-refractivity contribution in [2.45, 2.75) is 17.7 Å². The molecule has 0 bridgehead atoms. The normalized spacial score (nSPS) is 18.2. The van der Waals surface area contributed by atoms with E-state index in [1.807, 2.05) is 0 Å². The molecule has 1 fully saturated rings. The third kappa shape index (κ3) is 3.80. The van der Waals surface area contributed by atoms with Gasteiger partial charge in [-0.15, -0.1) is 0 Å². The Kier molecular flexibility index (Phi) is 5.29. The summed E-state index contributed by atoms with van der Waals surface area (Å²) in [5.74, 6) is -1.22. The van der Waals surface area contributed by atoms with Crippen molar-refractivity contribution < 1.29 is 22.7 Å². The van der Waals surface area contributed by atoms with E-state index in [1.165, 1.54) is 31.5 Å². The van der Waals surface area contributed by atoms with Gasteiger partial charge in [0.25, 0.3) is 10.0 Å². The van der Waals surface area contributed by atoms with Crippen molar-refractivity contribution >= 4 is 39.3 Å². The van der Waals surface area contributed by atoms with Crippen LogP contribution in [0.5, 0.6) is 5.75 Å². The first-order valence-electron chi connectivity index (χ1n) is 9.57. The lowest BCUT2D eigenvalue weighted by Gasteiger charge is -2.22. The Hall–Kier alpha value is -3.20. The summed E-state index contributed by atoms with van der Waals surface area (Å²) in [6.07, 6.45) is 3.19. The summed E-state index contributed by atoms with van der Waals surface area (Å²) in [6.45, 7) is 1.25. The van der Waals surface area contributed by atoms with Gasteiger partial charge in [0.15, 0.2) is 5.78 Å². The Bertz CT molecular complexity index is 1140. The summed E-state index contributed by atoms with van der Waals surface area (Å²) in [6, 6.07) is 10.6. The average Bonchev–Trinajstić information content (AvgIpc) is 3.28. The topological polar surface area (TPSA) is 105 Å². The maximum absolute atomic E-state index is 13.0. The van der Waals surface area contributed by atoms with Gasteiger partial charge in [-0.25, -0.2) is 8.42 Å². The second-order valence-electron chi connectivity index (χ2n) is 7.17. The Labute approximate surface area is 174 Å². The van der Waals surface area contributed by atoms with E-state index >= 15 is 0 Å². The van der Waals surface area contributed by atoms with Crippen LogP contribution in [-0.4, -0.2) is 51.4 Å². The van der Waals surface area contributed by atoms with Crippen LogP contribution >= 0.6 is 0 Å². The molecule has 1 atom stereocenters. The van der Waals surface area contributed by atoms with Gasteiger partial charge < -0.3 is 9.64 Å². The highest BCUT2D eigenvalue weighted by atomic mass is 32.2. The van der Waals surface area contributed by atoms with E-state index in [1.54, 1.807) is 29.2 Å². The molecule has 0 aliphatic carbocycles. The fourth-order valence-corrected chi connectivity index (χ4v) is 4.67. The van der Waals surface area contributed by atoms with E-state index in [0.717, 1.165) is 12.8 Å². The number of hydrogen-bond donors (Lipinski definition) is 1. The summed E-state index contributed by atoms with van der Waals surface area (Å²) < 4.78 is 33.3. The Morgan fingerprint density at radius 1 is 1.17 bits per heavy atom. The van der Waals surface area contributed by atoms with Gasteiger partial charge >= 0.3 is 0 Å². The molecule has 2 aromatic rings. The largest absolute Gasteiger partial charge is 0.497 e. The fourth-order valence-electron chi connectivity index (χ4n) is 3.59. The van der Waals surface area contributed by atoms with Gasteiger partial charge in [0, 0.05) is 30.9 Å². The molecule has 156 valence electrons. The van der Waals surface area contributed by atoms with E-state index in [0.29, 0.717) is 30.2 Å². The lowest BCUT2D eigenvalue weighted by Crippen LogP contribution is -2.39. The van der Waals surface area contributed by atoms with Gasteiger partial charge in [-0.1, -0.05) is 6.07 Å². The molecule has 4 rings (SSSR count). The van der Waals surface area contributed by atoms with Crippen LogP contribution in [0.1, 0.15) is 23.2 Å². The molecular weight excluding hydrogens is 406 g/mol. The molecule has 8 nitrogen and oxygen atoms in total. The van der Waals surface area contributed by atoms with Crippen LogP contribution in [0.25, 0.3) is 0 Å². The molecule has 30 heavy (non-hydrogen) atoms. The van der Waals surface area contributed by atoms with Crippen molar-refractivity contribution in [1.82, 2.24) is 4.90 Å². The number of amides is 1. The molecule has 9 heteroatoms. The Morgan fingerprint density at radius 3 is 2.67 bits per heavy atom. The molecule has 0 saturated carbocycles. The number of Topliss-reactive ketones (excluding diaryl/α,β-unsaturated/α-hetero) is 1. The molecule has 0 radical (unpaired) electrons. The van der Waals surface area contributed by atoms with Crippen LogP contribution in [0.3, 0.4) is 0 Å². The fraction of sp³-hybridized carbons (Fsp3) is 0.286. The van der Waals surface area contributed by atoms with Crippen molar-refractivity contribution in [3.63, 3.8) is 0 Å². The first kappa shape index (κ1) is 20.1. The van der Waals surface area contributed by atoms with E-state index < -0.39 is 21.7 Å². The summed E-state index contributed by atoms with van der Waals surface area (Å²) in [7, 11) is -2.46. The highest BCUT2D eigenvalue weighted by Crippen LogP contribution is 2.31. The Balaban J connectivity index is 1.61. The van der Waals surface area contributed by atoms with Gasteiger partial charge in [-0.05, 0) is 43.2 Å². The van der Waals surface area contributed by atoms with Crippen LogP contribution < -0.4 is 9.46 Å². The Morgan fingerprint density at radius 2 is 1.93 bits per heavy atom. The van der Waals surface area contributed by atoms with E-state index in [-0.39, 0.29) is 16.4 Å². The maximum atomic E-state index is 13.0. The zero-order valence-corrected chi connectivity index (χ0v) is 17.2. The van der Waals surface area contributed by atoms with Crippen molar-refractivity contribution in [3.8, 4) is 5.75 Å². The summed E-state index contributed by atoms with van der Waals surface area (Å²) in [5.41, 5.74) is 0.813. The number of carbonyl (C=O) groups is 2. The number of rotatable bonds is 5. The quantitative estimate of drug-likeness (QED) is 0.739. The number of nitrogens with one attached hydrogen (secondary N) is 1. The summed E-state index contributed by atoms with van der Waals surface area (Å²) in [4.78, 5) is 31.4. The number of hydrogen-bond acceptors (Lipinski definition) is 6. The number of methoxy groups -OCH3 is 1. The smallest absolute Gasteiger partial charge is 0.261 e. The summed E-state index contributed by atoms with van der Waals surface area (Å²) >= 11 is 0. The first-order chi connectivity index (χ1) is 14.4. The number of aliphatic imine (C=N–C) groups is 1. The van der Waals surface area contributed by atoms with Crippen LogP contribution in [0.4, 0.5) is 11.4 Å². The molecule has 1 unspecified atom stereocenters. The molecule has 0 spiro atoms. The molecule has 2 heterocycles. The number of nitrogens with zero attached hydrogens (tertiary/aromatic N) is 2. The van der Waals surface area contributed by atoms with Gasteiger partial charge in [0.05, 0.1) is 23.4 Å². The summed E-state index contributed by atoms with van der Waals surface area (Å²) in [5, 5.41) is 0. The first-order valence-corrected chi connectivity index (χ1v) is 11.1. The van der Waals surface area contributed by atoms with Crippen molar-refractivity contribution in [2.24, 2.45) is 10.9 Å².